The van der Waals surface area contributed by atoms with E-state index in [4.69, 9.17) is 35.2 Å². The number of nitrogens with one attached hydrogen (secondary N) is 2. The van der Waals surface area contributed by atoms with E-state index in [0.29, 0.717) is 57.8 Å². The molecule has 0 aromatic heterocycles. The van der Waals surface area contributed by atoms with Crippen molar-refractivity contribution in [2.75, 3.05) is 45.9 Å². The zero-order valence-corrected chi connectivity index (χ0v) is 29.2. The van der Waals surface area contributed by atoms with Crippen LogP contribution in [0, 0.1) is 5.92 Å². The summed E-state index contributed by atoms with van der Waals surface area (Å²) in [6, 6.07) is -1.34. The fourth-order valence-electron chi connectivity index (χ4n) is 6.12. The zero-order valence-electron chi connectivity index (χ0n) is 29.2. The van der Waals surface area contributed by atoms with E-state index in [1.165, 1.54) is 0 Å². The second-order valence-corrected chi connectivity index (χ2v) is 13.9. The van der Waals surface area contributed by atoms with Crippen molar-refractivity contribution in [2.45, 2.75) is 134 Å². The number of ether oxygens (including phenoxy) is 5. The van der Waals surface area contributed by atoms with Crippen LogP contribution in [0.25, 0.3) is 0 Å². The Hall–Kier alpha value is -2.08. The summed E-state index contributed by atoms with van der Waals surface area (Å²) >= 11 is 0. The highest BCUT2D eigenvalue weighted by molar-refractivity contribution is 5.76. The first-order chi connectivity index (χ1) is 22.8. The van der Waals surface area contributed by atoms with Crippen LogP contribution in [0.1, 0.15) is 79.1 Å². The standard InChI is InChI=1S/C33H61N5O10/c1-5-25(40)31(44-17-16-39)47-30-24(37-26(41)9-7-13-34)18-23(35)29(28(30)42)46-27-10-6-8-22(45-27)20-36-19-21-11-14-38(15-12-21)32(43)48-33(2,3)4/h8,21,23-25,27-31,36,39-40,42H,5-7,9-20,34-35H2,1-4H3,(H,37,41)/t23-,24+,25+,27+,28-,29+,30-,31+/m0/s1. The Labute approximate surface area is 285 Å². The summed E-state index contributed by atoms with van der Waals surface area (Å²) in [5.41, 5.74) is 11.6. The smallest absolute Gasteiger partial charge is 0.410 e. The monoisotopic (exact) mass is 687 g/mol. The van der Waals surface area contributed by atoms with E-state index in [9.17, 15) is 24.9 Å². The number of hydrogen-bond acceptors (Lipinski definition) is 13. The van der Waals surface area contributed by atoms with E-state index >= 15 is 0 Å². The molecule has 2 aliphatic heterocycles. The van der Waals surface area contributed by atoms with Gasteiger partial charge in [-0.2, -0.15) is 0 Å². The van der Waals surface area contributed by atoms with E-state index in [1.807, 2.05) is 26.8 Å². The van der Waals surface area contributed by atoms with Crippen molar-refractivity contribution in [3.05, 3.63) is 11.8 Å². The molecule has 0 bridgehead atoms. The largest absolute Gasteiger partial charge is 0.468 e. The summed E-state index contributed by atoms with van der Waals surface area (Å²) in [5, 5.41) is 37.8. The Kier molecular flexibility index (Phi) is 16.8. The Morgan fingerprint density at radius 2 is 1.92 bits per heavy atom. The van der Waals surface area contributed by atoms with Gasteiger partial charge in [0.1, 0.15) is 35.8 Å². The van der Waals surface area contributed by atoms with Gasteiger partial charge in [0.05, 0.1) is 25.8 Å². The van der Waals surface area contributed by atoms with Gasteiger partial charge in [-0.05, 0) is 84.4 Å². The van der Waals surface area contributed by atoms with Crippen LogP contribution in [0.5, 0.6) is 0 Å². The van der Waals surface area contributed by atoms with E-state index in [-0.39, 0.29) is 38.1 Å². The number of aliphatic hydroxyl groups is 3. The summed E-state index contributed by atoms with van der Waals surface area (Å²) in [6.07, 6.45) is -0.0238. The van der Waals surface area contributed by atoms with Crippen molar-refractivity contribution in [2.24, 2.45) is 17.4 Å². The van der Waals surface area contributed by atoms with Gasteiger partial charge in [-0.25, -0.2) is 4.79 Å². The third-order valence-corrected chi connectivity index (χ3v) is 8.73. The number of aliphatic hydroxyl groups excluding tert-OH is 3. The van der Waals surface area contributed by atoms with Gasteiger partial charge in [0.25, 0.3) is 0 Å². The lowest BCUT2D eigenvalue weighted by Crippen LogP contribution is -2.66. The molecule has 3 rings (SSSR count). The average Bonchev–Trinajstić information content (AvgIpc) is 3.04. The third kappa shape index (κ3) is 13.0. The predicted octanol–water partition coefficient (Wildman–Crippen LogP) is 0.435. The molecule has 2 heterocycles. The van der Waals surface area contributed by atoms with Crippen molar-refractivity contribution in [3.63, 3.8) is 0 Å². The highest BCUT2D eigenvalue weighted by Crippen LogP contribution is 2.30. The summed E-state index contributed by atoms with van der Waals surface area (Å²) in [6.45, 7) is 9.96. The van der Waals surface area contributed by atoms with Crippen molar-refractivity contribution in [1.29, 1.82) is 0 Å². The molecule has 1 aliphatic carbocycles. The van der Waals surface area contributed by atoms with E-state index < -0.39 is 54.7 Å². The minimum absolute atomic E-state index is 0.0815. The molecule has 48 heavy (non-hydrogen) atoms. The molecule has 15 nitrogen and oxygen atoms in total. The highest BCUT2D eigenvalue weighted by atomic mass is 16.7. The minimum atomic E-state index is -1.29. The molecule has 0 aromatic rings. The van der Waals surface area contributed by atoms with Crippen LogP contribution in [-0.4, -0.2) is 133 Å². The lowest BCUT2D eigenvalue weighted by Gasteiger charge is -2.45. The molecule has 0 radical (unpaired) electrons. The number of allylic oxidation sites excluding steroid dienone is 1. The van der Waals surface area contributed by atoms with Crippen LogP contribution in [0.2, 0.25) is 0 Å². The van der Waals surface area contributed by atoms with E-state index in [0.717, 1.165) is 25.1 Å². The van der Waals surface area contributed by atoms with Crippen LogP contribution in [0.3, 0.4) is 0 Å². The first-order valence-electron chi connectivity index (χ1n) is 17.5. The molecule has 0 spiro atoms. The van der Waals surface area contributed by atoms with Crippen LogP contribution in [-0.2, 0) is 28.5 Å². The fourth-order valence-corrected chi connectivity index (χ4v) is 6.12. The number of nitrogens with zero attached hydrogens (tertiary/aromatic N) is 1. The SMILES string of the molecule is CC[C@@H](O)[C@H](OCCO)O[C@@H]1[C@@H](O)[C@H](O[C@@H]2CCC=C(CNCC3CCN(C(=O)OC(C)(C)C)CC3)O2)[C@@H](N)C[C@H]1NC(=O)CCCN. The Balaban J connectivity index is 1.55. The molecule has 3 aliphatic rings. The third-order valence-electron chi connectivity index (χ3n) is 8.73. The maximum Gasteiger partial charge on any atom is 0.410 e. The number of carbonyl (C=O) groups excluding carboxylic acids is 2. The number of amides is 2. The molecule has 0 unspecified atom stereocenters. The molecular formula is C33H61N5O10. The normalized spacial score (nSPS) is 28.3. The summed E-state index contributed by atoms with van der Waals surface area (Å²) in [4.78, 5) is 26.8. The lowest BCUT2D eigenvalue weighted by molar-refractivity contribution is -0.269. The molecule has 278 valence electrons. The quantitative estimate of drug-likeness (QED) is 0.103. The second-order valence-electron chi connectivity index (χ2n) is 13.9. The lowest BCUT2D eigenvalue weighted by atomic mass is 9.83. The summed E-state index contributed by atoms with van der Waals surface area (Å²) < 4.78 is 29.6. The minimum Gasteiger partial charge on any atom is -0.468 e. The average molecular weight is 688 g/mol. The molecule has 0 aromatic carbocycles. The van der Waals surface area contributed by atoms with Crippen molar-refractivity contribution in [3.8, 4) is 0 Å². The van der Waals surface area contributed by atoms with Crippen molar-refractivity contribution in [1.82, 2.24) is 15.5 Å². The number of carbonyl (C=O) groups is 2. The molecule has 8 atom stereocenters. The molecule has 2 fully saturated rings. The van der Waals surface area contributed by atoms with Crippen molar-refractivity contribution >= 4 is 12.0 Å². The van der Waals surface area contributed by atoms with Gasteiger partial charge < -0.3 is 66.0 Å². The summed E-state index contributed by atoms with van der Waals surface area (Å²) in [7, 11) is 0. The molecule has 1 saturated carbocycles. The first-order valence-corrected chi connectivity index (χ1v) is 17.5. The molecule has 9 N–H and O–H groups in total. The molecule has 15 heteroatoms. The van der Waals surface area contributed by atoms with Gasteiger partial charge in [0.2, 0.25) is 5.91 Å². The predicted molar refractivity (Wildman–Crippen MR) is 177 cm³/mol. The molecule has 2 amide bonds. The molecular weight excluding hydrogens is 626 g/mol. The Bertz CT molecular complexity index is 1010. The van der Waals surface area contributed by atoms with Gasteiger partial charge in [-0.15, -0.1) is 0 Å². The number of piperidine rings is 1. The Morgan fingerprint density at radius 3 is 2.56 bits per heavy atom. The van der Waals surface area contributed by atoms with Crippen LogP contribution >= 0.6 is 0 Å². The number of likely N-dealkylation sites (tertiary alicyclic amines) is 1. The van der Waals surface area contributed by atoms with Gasteiger partial charge in [0, 0.05) is 32.0 Å². The second kappa shape index (κ2) is 19.9. The first kappa shape index (κ1) is 40.4. The van der Waals surface area contributed by atoms with Crippen LogP contribution < -0.4 is 22.1 Å². The van der Waals surface area contributed by atoms with Crippen LogP contribution in [0.15, 0.2) is 11.8 Å². The number of rotatable bonds is 17. The van der Waals surface area contributed by atoms with Gasteiger partial charge in [0.15, 0.2) is 12.6 Å². The van der Waals surface area contributed by atoms with Gasteiger partial charge in [-0.3, -0.25) is 4.79 Å². The Morgan fingerprint density at radius 1 is 1.19 bits per heavy atom. The molecule has 1 saturated heterocycles. The topological polar surface area (TPSA) is 220 Å². The van der Waals surface area contributed by atoms with E-state index in [2.05, 4.69) is 10.6 Å². The maximum atomic E-state index is 12.6. The fraction of sp³-hybridized carbons (Fsp3) is 0.879. The highest BCUT2D eigenvalue weighted by Gasteiger charge is 2.47. The summed E-state index contributed by atoms with van der Waals surface area (Å²) in [5.74, 6) is 0.901. The van der Waals surface area contributed by atoms with Crippen LogP contribution in [0.4, 0.5) is 4.79 Å². The van der Waals surface area contributed by atoms with E-state index in [1.54, 1.807) is 11.8 Å². The zero-order chi connectivity index (χ0) is 35.3. The maximum absolute atomic E-state index is 12.6. The van der Waals surface area contributed by atoms with Crippen molar-refractivity contribution < 1.29 is 48.6 Å². The number of hydrogen-bond donors (Lipinski definition) is 7. The van der Waals surface area contributed by atoms with Gasteiger partial charge >= 0.3 is 6.09 Å². The van der Waals surface area contributed by atoms with Gasteiger partial charge in [-0.1, -0.05) is 6.92 Å². The number of nitrogens with two attached hydrogens (primary N) is 2.